The molecule has 32 heavy (non-hydrogen) atoms. The number of nitro benzene ring substituents is 1. The Morgan fingerprint density at radius 2 is 1.59 bits per heavy atom. The van der Waals surface area contributed by atoms with Crippen molar-refractivity contribution in [2.24, 2.45) is 0 Å². The van der Waals surface area contributed by atoms with Crippen LogP contribution < -0.4 is 0 Å². The van der Waals surface area contributed by atoms with Gasteiger partial charge in [-0.15, -0.1) is 0 Å². The number of hydrogen-bond acceptors (Lipinski definition) is 6. The fraction of sp³-hybridized carbons (Fsp3) is 0.0870. The normalized spacial score (nSPS) is 10.5. The molecule has 0 amide bonds. The molecule has 9 nitrogen and oxygen atoms in total. The van der Waals surface area contributed by atoms with Crippen LogP contribution in [0.1, 0.15) is 17.5 Å². The molecule has 1 N–H and O–H groups in total. The summed E-state index contributed by atoms with van der Waals surface area (Å²) in [6, 6.07) is 22.5. The third kappa shape index (κ3) is 4.31. The van der Waals surface area contributed by atoms with Gasteiger partial charge in [-0.1, -0.05) is 42.5 Å². The first-order valence-corrected chi connectivity index (χ1v) is 9.87. The van der Waals surface area contributed by atoms with Gasteiger partial charge in [-0.25, -0.2) is 19.4 Å². The van der Waals surface area contributed by atoms with Crippen LogP contribution in [0.25, 0.3) is 28.1 Å². The zero-order valence-corrected chi connectivity index (χ0v) is 17.1. The van der Waals surface area contributed by atoms with Crippen molar-refractivity contribution in [3.05, 3.63) is 94.8 Å². The lowest BCUT2D eigenvalue weighted by molar-refractivity contribution is -0.384. The Balaban J connectivity index is 2.09. The molecular formula is C23H19N5O4. The molecule has 0 aliphatic carbocycles. The molecule has 0 aliphatic heterocycles. The first-order chi connectivity index (χ1) is 15.6. The Labute approximate surface area is 182 Å². The van der Waals surface area contributed by atoms with E-state index in [1.165, 1.54) is 12.1 Å². The Hall–Kier alpha value is -4.53. The van der Waals surface area contributed by atoms with Crippen molar-refractivity contribution in [3.8, 4) is 17.1 Å². The number of benzene rings is 3. The number of H-pyrrole nitrogens is 1. The number of aromatic amines is 1. The fourth-order valence-corrected chi connectivity index (χ4v) is 3.10. The summed E-state index contributed by atoms with van der Waals surface area (Å²) >= 11 is 0. The summed E-state index contributed by atoms with van der Waals surface area (Å²) in [5, 5.41) is 14.1. The Morgan fingerprint density at radius 3 is 2.22 bits per heavy atom. The quantitative estimate of drug-likeness (QED) is 0.281. The van der Waals surface area contributed by atoms with E-state index in [1.807, 2.05) is 36.4 Å². The zero-order chi connectivity index (χ0) is 22.5. The number of ether oxygens (including phenoxy) is 1. The van der Waals surface area contributed by atoms with Gasteiger partial charge in [0.05, 0.1) is 28.3 Å². The van der Waals surface area contributed by atoms with E-state index in [0.717, 1.165) is 5.56 Å². The van der Waals surface area contributed by atoms with E-state index in [-0.39, 0.29) is 18.1 Å². The number of aromatic nitrogens is 4. The fourth-order valence-electron chi connectivity index (χ4n) is 3.10. The van der Waals surface area contributed by atoms with E-state index in [4.69, 9.17) is 9.72 Å². The lowest BCUT2D eigenvalue weighted by atomic mass is 10.2. The number of fused-ring (bicyclic) bond motifs is 1. The third-order valence-corrected chi connectivity index (χ3v) is 4.59. The number of para-hydroxylation sites is 2. The summed E-state index contributed by atoms with van der Waals surface area (Å²) < 4.78 is 6.74. The van der Waals surface area contributed by atoms with Crippen molar-refractivity contribution in [1.82, 2.24) is 19.7 Å². The van der Waals surface area contributed by atoms with Gasteiger partial charge in [0, 0.05) is 17.7 Å². The second-order valence-corrected chi connectivity index (χ2v) is 6.69. The molecule has 0 unspecified atom stereocenters. The largest absolute Gasteiger partial charge is 0.460 e. The smallest absolute Gasteiger partial charge is 0.375 e. The number of hydrogen-bond donors (Lipinski definition) is 1. The summed E-state index contributed by atoms with van der Waals surface area (Å²) in [6.45, 7) is 1.89. The summed E-state index contributed by atoms with van der Waals surface area (Å²) in [4.78, 5) is 32.5. The topological polar surface area (TPSA) is 116 Å². The van der Waals surface area contributed by atoms with Gasteiger partial charge in [-0.3, -0.25) is 15.2 Å². The number of esters is 1. The molecule has 0 fully saturated rings. The zero-order valence-electron chi connectivity index (χ0n) is 17.1. The molecule has 160 valence electrons. The molecule has 0 atom stereocenters. The highest BCUT2D eigenvalue weighted by Crippen LogP contribution is 2.22. The van der Waals surface area contributed by atoms with Crippen LogP contribution in [0.2, 0.25) is 0 Å². The summed E-state index contributed by atoms with van der Waals surface area (Å²) in [5.74, 6) is -0.201. The highest BCUT2D eigenvalue weighted by atomic mass is 16.6. The Morgan fingerprint density at radius 1 is 0.969 bits per heavy atom. The maximum Gasteiger partial charge on any atom is 0.375 e. The van der Waals surface area contributed by atoms with Gasteiger partial charge in [-0.2, -0.15) is 0 Å². The second kappa shape index (κ2) is 9.09. The van der Waals surface area contributed by atoms with E-state index >= 15 is 0 Å². The molecule has 0 bridgehead atoms. The first kappa shape index (κ1) is 20.7. The molecule has 4 aromatic rings. The van der Waals surface area contributed by atoms with Crippen LogP contribution in [0, 0.1) is 10.1 Å². The van der Waals surface area contributed by atoms with Crippen LogP contribution in [0.4, 0.5) is 5.69 Å². The van der Waals surface area contributed by atoms with E-state index < -0.39 is 10.9 Å². The van der Waals surface area contributed by atoms with Crippen molar-refractivity contribution < 1.29 is 14.5 Å². The van der Waals surface area contributed by atoms with E-state index in [9.17, 15) is 14.9 Å². The Bertz CT molecular complexity index is 1330. The molecule has 0 aliphatic rings. The summed E-state index contributed by atoms with van der Waals surface area (Å²) in [7, 11) is 0. The predicted octanol–water partition coefficient (Wildman–Crippen LogP) is 4.62. The van der Waals surface area contributed by atoms with E-state index in [2.05, 4.69) is 10.1 Å². The van der Waals surface area contributed by atoms with Gasteiger partial charge < -0.3 is 4.74 Å². The maximum atomic E-state index is 12.7. The summed E-state index contributed by atoms with van der Waals surface area (Å²) in [5.41, 5.74) is 2.29. The second-order valence-electron chi connectivity index (χ2n) is 6.69. The minimum absolute atomic E-state index is 0.0408. The molecule has 9 heteroatoms. The number of non-ortho nitro benzene ring substituents is 1. The molecule has 1 aromatic heterocycles. The van der Waals surface area contributed by atoms with Crippen molar-refractivity contribution in [1.29, 1.82) is 0 Å². The van der Waals surface area contributed by atoms with Gasteiger partial charge in [0.25, 0.3) is 5.69 Å². The molecular weight excluding hydrogens is 410 g/mol. The highest BCUT2D eigenvalue weighted by Gasteiger charge is 2.15. The van der Waals surface area contributed by atoms with Crippen LogP contribution in [0.3, 0.4) is 0 Å². The van der Waals surface area contributed by atoms with Crippen LogP contribution in [0.5, 0.6) is 0 Å². The van der Waals surface area contributed by atoms with Gasteiger partial charge >= 0.3 is 5.97 Å². The average Bonchev–Trinajstić information content (AvgIpc) is 2.80. The van der Waals surface area contributed by atoms with Crippen LogP contribution >= 0.6 is 0 Å². The van der Waals surface area contributed by atoms with Gasteiger partial charge in [0.15, 0.2) is 5.82 Å². The van der Waals surface area contributed by atoms with Crippen molar-refractivity contribution in [2.75, 3.05) is 6.61 Å². The standard InChI is InChI=1S/C23H19N5O4/c1-2-32-23(29)21-24-19-10-6-7-11-20(19)25-22(16-8-4-3-5-9-16)27(26-21)17-12-14-18(15-13-17)28(30)31/h3-15H,2H2,1H3,(H,24,26). The van der Waals surface area contributed by atoms with Crippen LogP contribution in [0.15, 0.2) is 78.9 Å². The molecule has 0 saturated heterocycles. The minimum atomic E-state index is -0.636. The molecule has 0 radical (unpaired) electrons. The number of nitro groups is 1. The van der Waals surface area contributed by atoms with Crippen molar-refractivity contribution in [2.45, 2.75) is 6.92 Å². The number of nitrogens with one attached hydrogen (secondary N) is 1. The van der Waals surface area contributed by atoms with Gasteiger partial charge in [0.2, 0.25) is 5.82 Å². The first-order valence-electron chi connectivity index (χ1n) is 9.87. The molecule has 0 spiro atoms. The van der Waals surface area contributed by atoms with E-state index in [0.29, 0.717) is 22.5 Å². The molecule has 3 aromatic carbocycles. The van der Waals surface area contributed by atoms with Gasteiger partial charge in [0.1, 0.15) is 0 Å². The minimum Gasteiger partial charge on any atom is -0.460 e. The lowest BCUT2D eigenvalue weighted by Crippen LogP contribution is -2.15. The van der Waals surface area contributed by atoms with Crippen molar-refractivity contribution >= 4 is 22.7 Å². The monoisotopic (exact) mass is 429 g/mol. The predicted molar refractivity (Wildman–Crippen MR) is 119 cm³/mol. The van der Waals surface area contributed by atoms with E-state index in [1.54, 1.807) is 41.9 Å². The summed E-state index contributed by atoms with van der Waals surface area (Å²) in [6.07, 6.45) is 0. The lowest BCUT2D eigenvalue weighted by Gasteiger charge is -2.14. The molecule has 4 rings (SSSR count). The number of rotatable bonds is 5. The maximum absolute atomic E-state index is 12.7. The highest BCUT2D eigenvalue weighted by molar-refractivity contribution is 5.87. The van der Waals surface area contributed by atoms with Crippen molar-refractivity contribution in [3.63, 3.8) is 0 Å². The molecule has 0 saturated carbocycles. The van der Waals surface area contributed by atoms with Gasteiger partial charge in [-0.05, 0) is 31.2 Å². The number of nitrogens with zero attached hydrogens (tertiary/aromatic N) is 4. The van der Waals surface area contributed by atoms with Crippen LogP contribution in [-0.4, -0.2) is 37.2 Å². The number of carbonyl (C=O) groups is 1. The SMILES string of the molecule is CCOC(=O)c1nc2ccccc2nc(-c2ccccc2)n(-c2ccc([N+](=O)[O-])cc2)[nH]1. The average molecular weight is 429 g/mol. The third-order valence-electron chi connectivity index (χ3n) is 4.59. The van der Waals surface area contributed by atoms with Crippen LogP contribution in [-0.2, 0) is 4.74 Å². The Kier molecular flexibility index (Phi) is 5.89. The molecule has 1 heterocycles. The number of carbonyl (C=O) groups excluding carboxylic acids is 1.